The summed E-state index contributed by atoms with van der Waals surface area (Å²) in [4.78, 5) is 12.7. The lowest BCUT2D eigenvalue weighted by molar-refractivity contribution is -0.122. The van der Waals surface area contributed by atoms with Crippen LogP contribution in [0.1, 0.15) is 54.5 Å². The Morgan fingerprint density at radius 2 is 1.83 bits per heavy atom. The van der Waals surface area contributed by atoms with E-state index < -0.39 is 21.7 Å². The molecule has 0 aliphatic heterocycles. The zero-order valence-electron chi connectivity index (χ0n) is 17.5. The molecule has 0 saturated heterocycles. The number of nitrogens with one attached hydrogen (secondary N) is 1. The molecule has 0 radical (unpaired) electrons. The maximum atomic E-state index is 14.0. The lowest BCUT2D eigenvalue weighted by Gasteiger charge is -2.24. The number of carbonyl (C=O) groups excluding carboxylic acids is 1. The highest BCUT2D eigenvalue weighted by Gasteiger charge is 2.23. The first-order valence-corrected chi connectivity index (χ1v) is 12.2. The molecule has 3 rings (SSSR count). The molecular formula is C23H29FN2O3S. The normalized spacial score (nSPS) is 14.9. The lowest BCUT2D eigenvalue weighted by Crippen LogP contribution is -2.41. The van der Waals surface area contributed by atoms with Gasteiger partial charge >= 0.3 is 0 Å². The van der Waals surface area contributed by atoms with Crippen LogP contribution in [-0.4, -0.2) is 31.4 Å². The first kappa shape index (κ1) is 22.4. The largest absolute Gasteiger partial charge is 0.348 e. The third-order valence-electron chi connectivity index (χ3n) is 5.61. The maximum Gasteiger partial charge on any atom is 0.235 e. The van der Waals surface area contributed by atoms with Gasteiger partial charge in [-0.3, -0.25) is 4.79 Å². The van der Waals surface area contributed by atoms with E-state index in [2.05, 4.69) is 17.4 Å². The van der Waals surface area contributed by atoms with Crippen molar-refractivity contribution in [1.82, 2.24) is 9.62 Å². The smallest absolute Gasteiger partial charge is 0.235 e. The van der Waals surface area contributed by atoms with Gasteiger partial charge in [0, 0.05) is 12.1 Å². The number of hydrogen-bond donors (Lipinski definition) is 1. The summed E-state index contributed by atoms with van der Waals surface area (Å²) in [6.07, 6.45) is 6.26. The van der Waals surface area contributed by atoms with Crippen LogP contribution < -0.4 is 5.32 Å². The average Bonchev–Trinajstić information content (AvgIpc) is 2.72. The molecule has 0 saturated carbocycles. The predicted molar refractivity (Wildman–Crippen MR) is 116 cm³/mol. The summed E-state index contributed by atoms with van der Waals surface area (Å²) < 4.78 is 39.4. The standard InChI is InChI=1S/C23H29FN2O3S/c1-3-22(19-13-12-17-8-4-5-9-18(17)14-19)25-23(27)16-26(30(2,28)29)15-20-10-6-7-11-21(20)24/h6-7,10-14,22H,3-5,8-9,15-16H2,1-2H3,(H,25,27). The fourth-order valence-electron chi connectivity index (χ4n) is 3.90. The first-order chi connectivity index (χ1) is 14.3. The van der Waals surface area contributed by atoms with Crippen LogP contribution in [-0.2, 0) is 34.2 Å². The molecule has 1 amide bonds. The van der Waals surface area contributed by atoms with Gasteiger partial charge in [0.25, 0.3) is 0 Å². The number of nitrogens with zero attached hydrogens (tertiary/aromatic N) is 1. The highest BCUT2D eigenvalue weighted by molar-refractivity contribution is 7.88. The minimum atomic E-state index is -3.69. The van der Waals surface area contributed by atoms with Crippen molar-refractivity contribution in [1.29, 1.82) is 0 Å². The summed E-state index contributed by atoms with van der Waals surface area (Å²) in [6, 6.07) is 12.1. The van der Waals surface area contributed by atoms with E-state index >= 15 is 0 Å². The molecule has 0 bridgehead atoms. The quantitative estimate of drug-likeness (QED) is 0.691. The molecule has 1 N–H and O–H groups in total. The lowest BCUT2D eigenvalue weighted by atomic mass is 9.89. The number of carbonyl (C=O) groups is 1. The van der Waals surface area contributed by atoms with E-state index in [0.717, 1.165) is 29.0 Å². The molecule has 2 aromatic rings. The average molecular weight is 433 g/mol. The van der Waals surface area contributed by atoms with Gasteiger partial charge in [-0.15, -0.1) is 0 Å². The maximum absolute atomic E-state index is 14.0. The number of sulfonamides is 1. The van der Waals surface area contributed by atoms with Crippen molar-refractivity contribution in [3.05, 3.63) is 70.5 Å². The molecule has 0 aromatic heterocycles. The van der Waals surface area contributed by atoms with Crippen molar-refractivity contribution in [3.63, 3.8) is 0 Å². The van der Waals surface area contributed by atoms with E-state index in [0.29, 0.717) is 6.42 Å². The van der Waals surface area contributed by atoms with Gasteiger partial charge in [-0.05, 0) is 54.9 Å². The van der Waals surface area contributed by atoms with Crippen LogP contribution >= 0.6 is 0 Å². The second kappa shape index (κ2) is 9.71. The van der Waals surface area contributed by atoms with Crippen molar-refractivity contribution < 1.29 is 17.6 Å². The molecule has 0 fully saturated rings. The zero-order chi connectivity index (χ0) is 21.7. The minimum absolute atomic E-state index is 0.186. The highest BCUT2D eigenvalue weighted by Crippen LogP contribution is 2.26. The Kier molecular flexibility index (Phi) is 7.26. The molecule has 7 heteroatoms. The summed E-state index contributed by atoms with van der Waals surface area (Å²) in [5.74, 6) is -0.895. The third kappa shape index (κ3) is 5.67. The second-order valence-corrected chi connectivity index (χ2v) is 9.87. The number of benzene rings is 2. The summed E-state index contributed by atoms with van der Waals surface area (Å²) in [6.45, 7) is 1.45. The summed E-state index contributed by atoms with van der Waals surface area (Å²) in [5, 5.41) is 2.95. The summed E-state index contributed by atoms with van der Waals surface area (Å²) in [5.41, 5.74) is 3.98. The van der Waals surface area contributed by atoms with Crippen LogP contribution in [0.3, 0.4) is 0 Å². The van der Waals surface area contributed by atoms with Crippen molar-refractivity contribution in [2.24, 2.45) is 0 Å². The number of halogens is 1. The minimum Gasteiger partial charge on any atom is -0.348 e. The predicted octanol–water partition coefficient (Wildman–Crippen LogP) is 3.73. The first-order valence-electron chi connectivity index (χ1n) is 10.4. The van der Waals surface area contributed by atoms with Crippen molar-refractivity contribution >= 4 is 15.9 Å². The van der Waals surface area contributed by atoms with Crippen LogP contribution in [0, 0.1) is 5.82 Å². The van der Waals surface area contributed by atoms with Gasteiger partial charge < -0.3 is 5.32 Å². The summed E-state index contributed by atoms with van der Waals surface area (Å²) in [7, 11) is -3.69. The molecule has 162 valence electrons. The number of aryl methyl sites for hydroxylation is 2. The van der Waals surface area contributed by atoms with E-state index in [1.54, 1.807) is 12.1 Å². The number of fused-ring (bicyclic) bond motifs is 1. The van der Waals surface area contributed by atoms with Gasteiger partial charge in [-0.2, -0.15) is 4.31 Å². The molecular weight excluding hydrogens is 403 g/mol. The fraction of sp³-hybridized carbons (Fsp3) is 0.435. The Balaban J connectivity index is 1.71. The van der Waals surface area contributed by atoms with Gasteiger partial charge in [-0.25, -0.2) is 12.8 Å². The Labute approximate surface area is 178 Å². The van der Waals surface area contributed by atoms with Crippen LogP contribution in [0.2, 0.25) is 0 Å². The van der Waals surface area contributed by atoms with Crippen molar-refractivity contribution in [2.45, 2.75) is 51.6 Å². The van der Waals surface area contributed by atoms with E-state index in [9.17, 15) is 17.6 Å². The van der Waals surface area contributed by atoms with Gasteiger partial charge in [-0.1, -0.05) is 43.3 Å². The van der Waals surface area contributed by atoms with Gasteiger partial charge in [0.15, 0.2) is 0 Å². The Bertz CT molecular complexity index is 1010. The molecule has 30 heavy (non-hydrogen) atoms. The monoisotopic (exact) mass is 432 g/mol. The molecule has 0 heterocycles. The summed E-state index contributed by atoms with van der Waals surface area (Å²) >= 11 is 0. The molecule has 2 aromatic carbocycles. The van der Waals surface area contributed by atoms with Gasteiger partial charge in [0.2, 0.25) is 15.9 Å². The zero-order valence-corrected chi connectivity index (χ0v) is 18.3. The van der Waals surface area contributed by atoms with Crippen molar-refractivity contribution in [3.8, 4) is 0 Å². The van der Waals surface area contributed by atoms with Crippen LogP contribution in [0.25, 0.3) is 0 Å². The molecule has 1 aliphatic rings. The van der Waals surface area contributed by atoms with E-state index in [1.807, 2.05) is 13.0 Å². The Morgan fingerprint density at radius 3 is 2.50 bits per heavy atom. The van der Waals surface area contributed by atoms with Gasteiger partial charge in [0.05, 0.1) is 18.8 Å². The molecule has 1 unspecified atom stereocenters. The highest BCUT2D eigenvalue weighted by atomic mass is 32.2. The van der Waals surface area contributed by atoms with Crippen molar-refractivity contribution in [2.75, 3.05) is 12.8 Å². The van der Waals surface area contributed by atoms with Crippen LogP contribution in [0.5, 0.6) is 0 Å². The SMILES string of the molecule is CCC(NC(=O)CN(Cc1ccccc1F)S(C)(=O)=O)c1ccc2c(c1)CCCC2. The number of hydrogen-bond acceptors (Lipinski definition) is 3. The van der Waals surface area contributed by atoms with E-state index in [-0.39, 0.29) is 24.7 Å². The molecule has 0 spiro atoms. The molecule has 1 atom stereocenters. The fourth-order valence-corrected chi connectivity index (χ4v) is 4.62. The molecule has 5 nitrogen and oxygen atoms in total. The number of amides is 1. The third-order valence-corrected chi connectivity index (χ3v) is 6.81. The molecule has 1 aliphatic carbocycles. The number of rotatable bonds is 8. The Morgan fingerprint density at radius 1 is 1.13 bits per heavy atom. The Hall–Kier alpha value is -2.25. The van der Waals surface area contributed by atoms with E-state index in [4.69, 9.17) is 0 Å². The van der Waals surface area contributed by atoms with E-state index in [1.165, 1.54) is 36.1 Å². The van der Waals surface area contributed by atoms with Gasteiger partial charge in [0.1, 0.15) is 5.82 Å². The van der Waals surface area contributed by atoms with Crippen LogP contribution in [0.15, 0.2) is 42.5 Å². The van der Waals surface area contributed by atoms with Crippen LogP contribution in [0.4, 0.5) is 4.39 Å². The topological polar surface area (TPSA) is 66.5 Å². The second-order valence-electron chi connectivity index (χ2n) is 7.89.